The van der Waals surface area contributed by atoms with Gasteiger partial charge in [0.2, 0.25) is 0 Å². The second-order valence-corrected chi connectivity index (χ2v) is 4.23. The predicted molar refractivity (Wildman–Crippen MR) is 73.4 cm³/mol. The van der Waals surface area contributed by atoms with Crippen molar-refractivity contribution in [1.82, 2.24) is 5.32 Å². The van der Waals surface area contributed by atoms with Crippen LogP contribution in [0.3, 0.4) is 0 Å². The maximum Gasteiger partial charge on any atom is 0.326 e. The highest BCUT2D eigenvalue weighted by Crippen LogP contribution is 2.18. The van der Waals surface area contributed by atoms with E-state index >= 15 is 0 Å². The van der Waals surface area contributed by atoms with E-state index in [0.717, 1.165) is 0 Å². The zero-order chi connectivity index (χ0) is 15.8. The van der Waals surface area contributed by atoms with Gasteiger partial charge in [-0.1, -0.05) is 12.1 Å². The van der Waals surface area contributed by atoms with Gasteiger partial charge in [0.15, 0.2) is 0 Å². The van der Waals surface area contributed by atoms with Crippen molar-refractivity contribution in [2.24, 2.45) is 0 Å². The lowest BCUT2D eigenvalue weighted by Crippen LogP contribution is -2.41. The number of para-hydroxylation sites is 1. The normalized spacial score (nSPS) is 11.5. The van der Waals surface area contributed by atoms with Gasteiger partial charge in [0.25, 0.3) is 5.91 Å². The van der Waals surface area contributed by atoms with E-state index in [0.29, 0.717) is 12.4 Å². The second kappa shape index (κ2) is 7.88. The lowest BCUT2D eigenvalue weighted by Gasteiger charge is -2.15. The number of carboxylic acids is 2. The molecular formula is C14H17NO6. The standard InChI is InChI=1S/C14H17NO6/c1-2-21-11-6-4-3-5-9(11)13(18)15-10(14(19)20)7-8-12(16)17/h3-6,10H,2,7-8H2,1H3,(H,15,18)(H,16,17)(H,19,20)/t10-/m0/s1. The number of amides is 1. The van der Waals surface area contributed by atoms with Gasteiger partial charge in [-0.15, -0.1) is 0 Å². The van der Waals surface area contributed by atoms with Crippen molar-refractivity contribution in [3.8, 4) is 5.75 Å². The van der Waals surface area contributed by atoms with Gasteiger partial charge < -0.3 is 20.3 Å². The molecule has 1 amide bonds. The lowest BCUT2D eigenvalue weighted by atomic mass is 10.1. The molecule has 0 aliphatic rings. The smallest absolute Gasteiger partial charge is 0.326 e. The quantitative estimate of drug-likeness (QED) is 0.662. The fourth-order valence-electron chi connectivity index (χ4n) is 1.70. The Morgan fingerprint density at radius 2 is 1.90 bits per heavy atom. The van der Waals surface area contributed by atoms with Gasteiger partial charge in [-0.25, -0.2) is 4.79 Å². The third-order valence-electron chi connectivity index (χ3n) is 2.68. The molecule has 0 spiro atoms. The molecule has 1 aromatic carbocycles. The van der Waals surface area contributed by atoms with Crippen LogP contribution < -0.4 is 10.1 Å². The number of rotatable bonds is 8. The predicted octanol–water partition coefficient (Wildman–Crippen LogP) is 1.13. The number of nitrogens with one attached hydrogen (secondary N) is 1. The second-order valence-electron chi connectivity index (χ2n) is 4.23. The number of hydrogen-bond acceptors (Lipinski definition) is 4. The summed E-state index contributed by atoms with van der Waals surface area (Å²) in [6.07, 6.45) is -0.530. The largest absolute Gasteiger partial charge is 0.493 e. The van der Waals surface area contributed by atoms with Crippen LogP contribution >= 0.6 is 0 Å². The first-order valence-corrected chi connectivity index (χ1v) is 6.43. The van der Waals surface area contributed by atoms with Crippen LogP contribution in [0.1, 0.15) is 30.1 Å². The molecule has 0 aromatic heterocycles. The number of carbonyl (C=O) groups excluding carboxylic acids is 1. The Balaban J connectivity index is 2.82. The van der Waals surface area contributed by atoms with Gasteiger partial charge in [0, 0.05) is 6.42 Å². The molecule has 21 heavy (non-hydrogen) atoms. The van der Waals surface area contributed by atoms with E-state index < -0.39 is 23.9 Å². The number of carboxylic acid groups (broad SMARTS) is 2. The minimum atomic E-state index is -1.28. The first-order chi connectivity index (χ1) is 9.95. The SMILES string of the molecule is CCOc1ccccc1C(=O)N[C@@H](CCC(=O)O)C(=O)O. The van der Waals surface area contributed by atoms with E-state index in [1.54, 1.807) is 25.1 Å². The fraction of sp³-hybridized carbons (Fsp3) is 0.357. The van der Waals surface area contributed by atoms with Crippen LogP contribution in [0.5, 0.6) is 5.75 Å². The van der Waals surface area contributed by atoms with Gasteiger partial charge in [-0.3, -0.25) is 9.59 Å². The Labute approximate surface area is 121 Å². The summed E-state index contributed by atoms with van der Waals surface area (Å²) in [4.78, 5) is 33.6. The van der Waals surface area contributed by atoms with E-state index in [1.165, 1.54) is 6.07 Å². The van der Waals surface area contributed by atoms with E-state index in [2.05, 4.69) is 5.32 Å². The first kappa shape index (κ1) is 16.5. The highest BCUT2D eigenvalue weighted by Gasteiger charge is 2.23. The van der Waals surface area contributed by atoms with Crippen LogP contribution in [-0.2, 0) is 9.59 Å². The molecule has 0 radical (unpaired) electrons. The van der Waals surface area contributed by atoms with E-state index in [9.17, 15) is 14.4 Å². The molecule has 0 bridgehead atoms. The van der Waals surface area contributed by atoms with Crippen LogP contribution in [0.25, 0.3) is 0 Å². The molecular weight excluding hydrogens is 278 g/mol. The third kappa shape index (κ3) is 5.13. The zero-order valence-electron chi connectivity index (χ0n) is 11.5. The average molecular weight is 295 g/mol. The highest BCUT2D eigenvalue weighted by atomic mass is 16.5. The van der Waals surface area contributed by atoms with Gasteiger partial charge >= 0.3 is 11.9 Å². The van der Waals surface area contributed by atoms with Crippen molar-refractivity contribution in [3.63, 3.8) is 0 Å². The molecule has 0 saturated heterocycles. The minimum Gasteiger partial charge on any atom is -0.493 e. The van der Waals surface area contributed by atoms with Crippen molar-refractivity contribution in [1.29, 1.82) is 0 Å². The molecule has 0 heterocycles. The average Bonchev–Trinajstić information content (AvgIpc) is 2.43. The molecule has 114 valence electrons. The Kier molecular flexibility index (Phi) is 6.19. The van der Waals surface area contributed by atoms with Gasteiger partial charge in [-0.05, 0) is 25.5 Å². The molecule has 0 saturated carbocycles. The van der Waals surface area contributed by atoms with E-state index in [4.69, 9.17) is 14.9 Å². The summed E-state index contributed by atoms with van der Waals surface area (Å²) >= 11 is 0. The van der Waals surface area contributed by atoms with E-state index in [-0.39, 0.29) is 18.4 Å². The Hall–Kier alpha value is -2.57. The number of hydrogen-bond donors (Lipinski definition) is 3. The number of ether oxygens (including phenoxy) is 1. The summed E-state index contributed by atoms with van der Waals surface area (Å²) in [5, 5.41) is 19.9. The van der Waals surface area contributed by atoms with Crippen molar-refractivity contribution >= 4 is 17.8 Å². The monoisotopic (exact) mass is 295 g/mol. The summed E-state index contributed by atoms with van der Waals surface area (Å²) in [5.74, 6) is -2.67. The topological polar surface area (TPSA) is 113 Å². The molecule has 1 rings (SSSR count). The maximum atomic E-state index is 12.1. The first-order valence-electron chi connectivity index (χ1n) is 6.43. The fourth-order valence-corrected chi connectivity index (χ4v) is 1.70. The number of carbonyl (C=O) groups is 3. The summed E-state index contributed by atoms with van der Waals surface area (Å²) in [7, 11) is 0. The number of aliphatic carboxylic acids is 2. The highest BCUT2D eigenvalue weighted by molar-refractivity contribution is 5.99. The summed E-state index contributed by atoms with van der Waals surface area (Å²) in [6, 6.07) is 5.18. The Morgan fingerprint density at radius 3 is 2.48 bits per heavy atom. The van der Waals surface area contributed by atoms with Crippen molar-refractivity contribution in [2.75, 3.05) is 6.61 Å². The summed E-state index contributed by atoms with van der Waals surface area (Å²) in [6.45, 7) is 2.13. The van der Waals surface area contributed by atoms with Crippen LogP contribution in [0.15, 0.2) is 24.3 Å². The van der Waals surface area contributed by atoms with Crippen LogP contribution in [-0.4, -0.2) is 40.7 Å². The lowest BCUT2D eigenvalue weighted by molar-refractivity contribution is -0.140. The molecule has 7 nitrogen and oxygen atoms in total. The number of benzene rings is 1. The zero-order valence-corrected chi connectivity index (χ0v) is 11.5. The molecule has 1 atom stereocenters. The van der Waals surface area contributed by atoms with Crippen molar-refractivity contribution in [2.45, 2.75) is 25.8 Å². The molecule has 0 unspecified atom stereocenters. The molecule has 1 aromatic rings. The molecule has 0 aliphatic carbocycles. The van der Waals surface area contributed by atoms with E-state index in [1.807, 2.05) is 0 Å². The van der Waals surface area contributed by atoms with Gasteiger partial charge in [0.05, 0.1) is 12.2 Å². The Morgan fingerprint density at radius 1 is 1.24 bits per heavy atom. The Bertz CT molecular complexity index is 528. The van der Waals surface area contributed by atoms with Crippen molar-refractivity contribution in [3.05, 3.63) is 29.8 Å². The van der Waals surface area contributed by atoms with Crippen molar-refractivity contribution < 1.29 is 29.3 Å². The maximum absolute atomic E-state index is 12.1. The molecule has 7 heteroatoms. The molecule has 3 N–H and O–H groups in total. The van der Waals surface area contributed by atoms with Gasteiger partial charge in [-0.2, -0.15) is 0 Å². The van der Waals surface area contributed by atoms with Gasteiger partial charge in [0.1, 0.15) is 11.8 Å². The van der Waals surface area contributed by atoms with Crippen LogP contribution in [0.4, 0.5) is 0 Å². The minimum absolute atomic E-state index is 0.187. The van der Waals surface area contributed by atoms with Crippen LogP contribution in [0, 0.1) is 0 Å². The third-order valence-corrected chi connectivity index (χ3v) is 2.68. The molecule has 0 aliphatic heterocycles. The molecule has 0 fully saturated rings. The summed E-state index contributed by atoms with van der Waals surface area (Å²) in [5.41, 5.74) is 0.209. The van der Waals surface area contributed by atoms with Crippen LogP contribution in [0.2, 0.25) is 0 Å². The summed E-state index contributed by atoms with van der Waals surface area (Å²) < 4.78 is 5.30.